The normalized spacial score (nSPS) is 11.9. The van der Waals surface area contributed by atoms with Gasteiger partial charge in [-0.1, -0.05) is 182 Å². The minimum absolute atomic E-state index is 0.630. The maximum absolute atomic E-state index is 5.47. The summed E-state index contributed by atoms with van der Waals surface area (Å²) in [5, 5.41) is 15.5. The summed E-state index contributed by atoms with van der Waals surface area (Å²) < 4.78 is 4.96. The van der Waals surface area contributed by atoms with Gasteiger partial charge in [0.2, 0.25) is 0 Å². The molecule has 0 aliphatic carbocycles. The average molecular weight is 966 g/mol. The van der Waals surface area contributed by atoms with Crippen LogP contribution in [0.1, 0.15) is 0 Å². The third kappa shape index (κ3) is 6.62. The zero-order chi connectivity index (χ0) is 49.8. The molecule has 12 aromatic carbocycles. The van der Waals surface area contributed by atoms with Crippen LogP contribution < -0.4 is 0 Å². The fourth-order valence-corrected chi connectivity index (χ4v) is 12.0. The summed E-state index contributed by atoms with van der Waals surface area (Å²) in [6.07, 6.45) is 0. The fourth-order valence-electron chi connectivity index (χ4n) is 12.0. The van der Waals surface area contributed by atoms with Crippen LogP contribution in [0.5, 0.6) is 0 Å². The molecule has 16 aromatic rings. The lowest BCUT2D eigenvalue weighted by Gasteiger charge is -2.13. The Morgan fingerprint density at radius 2 is 0.684 bits per heavy atom. The minimum atomic E-state index is 0.630. The van der Waals surface area contributed by atoms with Crippen molar-refractivity contribution in [2.45, 2.75) is 0 Å². The van der Waals surface area contributed by atoms with E-state index in [4.69, 9.17) is 15.0 Å². The highest BCUT2D eigenvalue weighted by Gasteiger charge is 2.22. The van der Waals surface area contributed by atoms with E-state index in [9.17, 15) is 0 Å². The molecule has 5 heteroatoms. The molecule has 76 heavy (non-hydrogen) atoms. The first-order valence-electron chi connectivity index (χ1n) is 25.9. The lowest BCUT2D eigenvalue weighted by atomic mass is 9.97. The van der Waals surface area contributed by atoms with Crippen LogP contribution >= 0.6 is 0 Å². The number of aromatic nitrogens is 5. The Labute approximate surface area is 436 Å². The molecule has 4 bridgehead atoms. The van der Waals surface area contributed by atoms with Crippen LogP contribution in [-0.4, -0.2) is 24.1 Å². The standard InChI is InChI=1S/C71H43N5/c1-5-17-44(18-6-1)51-30-34-65-60(37-51)56-32-29-52(45-19-7-2-8-20-45)42-66(56)75(65)55-31-33-57-61-40-53-41-62(68(61)76(67(57)43-55)54-27-11-4-12-28-54)59-36-48-24-14-16-26-50(48)39-64(59)71-73-69(46-21-9-3-10-22-46)72-70(74-71)63-38-49-25-15-13-23-47(49)35-58(53)63/h1-43H. The van der Waals surface area contributed by atoms with E-state index in [0.717, 1.165) is 104 Å². The van der Waals surface area contributed by atoms with Gasteiger partial charge in [0.1, 0.15) is 0 Å². The summed E-state index contributed by atoms with van der Waals surface area (Å²) in [6.45, 7) is 0. The summed E-state index contributed by atoms with van der Waals surface area (Å²) in [5.74, 6) is 0.636. The number of rotatable bonds is 5. The van der Waals surface area contributed by atoms with E-state index in [2.05, 4.69) is 252 Å². The van der Waals surface area contributed by atoms with Crippen molar-refractivity contribution in [2.24, 2.45) is 0 Å². The van der Waals surface area contributed by atoms with Gasteiger partial charge < -0.3 is 9.13 Å². The number of hydrogen-bond donors (Lipinski definition) is 0. The van der Waals surface area contributed by atoms with Gasteiger partial charge >= 0.3 is 0 Å². The van der Waals surface area contributed by atoms with Gasteiger partial charge in [-0.15, -0.1) is 0 Å². The Hall–Kier alpha value is -10.2. The Morgan fingerprint density at radius 3 is 1.32 bits per heavy atom. The topological polar surface area (TPSA) is 48.5 Å². The van der Waals surface area contributed by atoms with E-state index >= 15 is 0 Å². The molecule has 0 saturated carbocycles. The first-order valence-corrected chi connectivity index (χ1v) is 25.9. The van der Waals surface area contributed by atoms with E-state index in [0.29, 0.717) is 17.1 Å². The predicted octanol–water partition coefficient (Wildman–Crippen LogP) is 18.5. The number of nitrogens with zero attached hydrogens (tertiary/aromatic N) is 5. The molecule has 0 fully saturated rings. The van der Waals surface area contributed by atoms with Gasteiger partial charge in [-0.3, -0.25) is 0 Å². The first-order chi connectivity index (χ1) is 37.6. The molecule has 0 aliphatic heterocycles. The second-order valence-corrected chi connectivity index (χ2v) is 20.0. The second kappa shape index (κ2) is 16.7. The van der Waals surface area contributed by atoms with Crippen LogP contribution in [0.15, 0.2) is 261 Å². The summed E-state index contributed by atoms with van der Waals surface area (Å²) in [5.41, 5.74) is 13.6. The van der Waals surface area contributed by atoms with E-state index in [1.54, 1.807) is 0 Å². The molecular weight excluding hydrogens is 923 g/mol. The largest absolute Gasteiger partial charge is 0.309 e. The molecule has 5 nitrogen and oxygen atoms in total. The van der Waals surface area contributed by atoms with E-state index in [1.807, 2.05) is 18.2 Å². The van der Waals surface area contributed by atoms with Crippen molar-refractivity contribution in [1.29, 1.82) is 0 Å². The molecule has 4 heterocycles. The number of benzene rings is 12. The summed E-state index contributed by atoms with van der Waals surface area (Å²) in [4.78, 5) is 16.2. The summed E-state index contributed by atoms with van der Waals surface area (Å²) in [6, 6.07) is 94.8. The minimum Gasteiger partial charge on any atom is -0.309 e. The molecule has 0 unspecified atom stereocenters. The zero-order valence-corrected chi connectivity index (χ0v) is 41.1. The van der Waals surface area contributed by atoms with Gasteiger partial charge in [-0.25, -0.2) is 15.0 Å². The molecule has 0 radical (unpaired) electrons. The zero-order valence-electron chi connectivity index (χ0n) is 41.1. The molecule has 4 aromatic heterocycles. The van der Waals surface area contributed by atoms with Crippen LogP contribution in [0.3, 0.4) is 0 Å². The predicted molar refractivity (Wildman–Crippen MR) is 319 cm³/mol. The highest BCUT2D eigenvalue weighted by molar-refractivity contribution is 6.26. The van der Waals surface area contributed by atoms with E-state index in [-0.39, 0.29) is 0 Å². The molecule has 0 spiro atoms. The van der Waals surface area contributed by atoms with Crippen molar-refractivity contribution < 1.29 is 0 Å². The average Bonchev–Trinajstić information content (AvgIpc) is 4.06. The molecule has 0 aliphatic rings. The fraction of sp³-hybridized carbons (Fsp3) is 0. The van der Waals surface area contributed by atoms with Crippen molar-refractivity contribution in [2.75, 3.05) is 0 Å². The smallest absolute Gasteiger partial charge is 0.164 e. The van der Waals surface area contributed by atoms with E-state index in [1.165, 1.54) is 33.0 Å². The lowest BCUT2D eigenvalue weighted by Crippen LogP contribution is -1.98. The van der Waals surface area contributed by atoms with Crippen LogP contribution in [0.25, 0.3) is 154 Å². The second-order valence-electron chi connectivity index (χ2n) is 20.0. The van der Waals surface area contributed by atoms with Crippen molar-refractivity contribution >= 4 is 109 Å². The van der Waals surface area contributed by atoms with Crippen molar-refractivity contribution in [3.8, 4) is 45.0 Å². The molecule has 16 rings (SSSR count). The van der Waals surface area contributed by atoms with Gasteiger partial charge in [0, 0.05) is 54.6 Å². The summed E-state index contributed by atoms with van der Waals surface area (Å²) in [7, 11) is 0. The monoisotopic (exact) mass is 965 g/mol. The molecule has 0 atom stereocenters. The number of para-hydroxylation sites is 1. The summed E-state index contributed by atoms with van der Waals surface area (Å²) >= 11 is 0. The highest BCUT2D eigenvalue weighted by atomic mass is 15.0. The highest BCUT2D eigenvalue weighted by Crippen LogP contribution is 2.44. The maximum Gasteiger partial charge on any atom is 0.164 e. The van der Waals surface area contributed by atoms with Crippen molar-refractivity contribution in [3.05, 3.63) is 261 Å². The third-order valence-electron chi connectivity index (χ3n) is 15.6. The molecule has 0 amide bonds. The van der Waals surface area contributed by atoms with E-state index < -0.39 is 0 Å². The van der Waals surface area contributed by atoms with Gasteiger partial charge in [0.25, 0.3) is 0 Å². The van der Waals surface area contributed by atoms with Gasteiger partial charge in [-0.2, -0.15) is 0 Å². The van der Waals surface area contributed by atoms with Crippen LogP contribution in [0.2, 0.25) is 0 Å². The Balaban J connectivity index is 1.08. The maximum atomic E-state index is 5.47. The molecule has 352 valence electrons. The Kier molecular flexibility index (Phi) is 9.27. The Morgan fingerprint density at radius 1 is 0.224 bits per heavy atom. The SMILES string of the molecule is c1ccc(-c2ccc3c(c2)c2ccc(-c4ccccc4)cc2n3-c2ccc3c4cc5cc(c6cc7ccccc7cc6c6nc(-c7ccccc7)nc(n6)c6cc7ccccc7cc56)c4n(-c4ccccc4)c3c2)cc1. The number of fused-ring (bicyclic) bond motifs is 19. The first kappa shape index (κ1) is 42.3. The van der Waals surface area contributed by atoms with Crippen LogP contribution in [-0.2, 0) is 0 Å². The quantitative estimate of drug-likeness (QED) is 0.173. The van der Waals surface area contributed by atoms with Crippen molar-refractivity contribution in [1.82, 2.24) is 24.1 Å². The van der Waals surface area contributed by atoms with Crippen molar-refractivity contribution in [3.63, 3.8) is 0 Å². The van der Waals surface area contributed by atoms with Gasteiger partial charge in [-0.05, 0) is 139 Å². The number of hydrogen-bond acceptors (Lipinski definition) is 3. The lowest BCUT2D eigenvalue weighted by molar-refractivity contribution is 1.16. The molecular formula is C71H43N5. The van der Waals surface area contributed by atoms with Crippen LogP contribution in [0.4, 0.5) is 0 Å². The molecule has 0 N–H and O–H groups in total. The van der Waals surface area contributed by atoms with Crippen LogP contribution in [0, 0.1) is 0 Å². The Bertz CT molecular complexity index is 5080. The third-order valence-corrected chi connectivity index (χ3v) is 15.6. The van der Waals surface area contributed by atoms with Gasteiger partial charge in [0.05, 0.1) is 22.1 Å². The molecule has 0 saturated heterocycles. The van der Waals surface area contributed by atoms with Gasteiger partial charge in [0.15, 0.2) is 17.1 Å².